The van der Waals surface area contributed by atoms with Crippen molar-refractivity contribution in [3.63, 3.8) is 0 Å². The number of esters is 2. The fourth-order valence-corrected chi connectivity index (χ4v) is 3.08. The largest absolute Gasteiger partial charge is 0.545 e. The number of carbonyl (C=O) groups is 3. The molecule has 0 saturated carbocycles. The third-order valence-corrected chi connectivity index (χ3v) is 4.58. The Morgan fingerprint density at radius 3 is 2.30 bits per heavy atom. The summed E-state index contributed by atoms with van der Waals surface area (Å²) in [6.45, 7) is 1.74. The zero-order chi connectivity index (χ0) is 21.3. The Balaban J connectivity index is 1.56. The van der Waals surface area contributed by atoms with Crippen molar-refractivity contribution >= 4 is 24.0 Å². The van der Waals surface area contributed by atoms with Gasteiger partial charge in [0.15, 0.2) is 0 Å². The monoisotopic (exact) mass is 403 g/mol. The summed E-state index contributed by atoms with van der Waals surface area (Å²) >= 11 is 0. The van der Waals surface area contributed by atoms with Crippen molar-refractivity contribution in [1.82, 2.24) is 0 Å². The van der Waals surface area contributed by atoms with Crippen LogP contribution < -0.4 is 5.11 Å². The van der Waals surface area contributed by atoms with Crippen LogP contribution in [-0.2, 0) is 19.1 Å². The van der Waals surface area contributed by atoms with Crippen LogP contribution in [0.3, 0.4) is 0 Å². The molecule has 0 aliphatic carbocycles. The fourth-order valence-electron chi connectivity index (χ4n) is 3.08. The molecule has 2 heterocycles. The van der Waals surface area contributed by atoms with E-state index >= 15 is 0 Å². The molecule has 7 heteroatoms. The van der Waals surface area contributed by atoms with E-state index in [4.69, 9.17) is 13.9 Å². The summed E-state index contributed by atoms with van der Waals surface area (Å²) in [6.07, 6.45) is 0.153. The number of aryl methyl sites for hydroxylation is 1. The number of furan rings is 1. The second-order valence-electron chi connectivity index (χ2n) is 6.63. The number of cyclic esters (lactones) is 2. The van der Waals surface area contributed by atoms with Crippen LogP contribution in [0.4, 0.5) is 0 Å². The van der Waals surface area contributed by atoms with Crippen LogP contribution in [-0.4, -0.2) is 17.9 Å². The number of rotatable bonds is 4. The van der Waals surface area contributed by atoms with Gasteiger partial charge < -0.3 is 23.8 Å². The molecule has 0 unspecified atom stereocenters. The molecule has 4 rings (SSSR count). The lowest BCUT2D eigenvalue weighted by molar-refractivity contribution is -0.255. The maximum absolute atomic E-state index is 12.3. The molecular formula is C23H15O7-. The van der Waals surface area contributed by atoms with Gasteiger partial charge in [0.25, 0.3) is 6.29 Å². The van der Waals surface area contributed by atoms with E-state index in [1.54, 1.807) is 55.5 Å². The molecule has 7 nitrogen and oxygen atoms in total. The van der Waals surface area contributed by atoms with Crippen molar-refractivity contribution < 1.29 is 33.4 Å². The van der Waals surface area contributed by atoms with Crippen LogP contribution in [0.15, 0.2) is 70.7 Å². The third-order valence-electron chi connectivity index (χ3n) is 4.58. The first kappa shape index (κ1) is 19.2. The van der Waals surface area contributed by atoms with Gasteiger partial charge in [0, 0.05) is 17.2 Å². The zero-order valence-corrected chi connectivity index (χ0v) is 15.8. The molecule has 0 spiro atoms. The van der Waals surface area contributed by atoms with Crippen LogP contribution in [0.1, 0.15) is 33.5 Å². The Labute approximate surface area is 171 Å². The summed E-state index contributed by atoms with van der Waals surface area (Å²) in [5, 5.41) is 11.0. The lowest BCUT2D eigenvalue weighted by Gasteiger charge is -2.23. The van der Waals surface area contributed by atoms with Gasteiger partial charge in [-0.25, -0.2) is 9.59 Å². The molecule has 0 N–H and O–H groups in total. The van der Waals surface area contributed by atoms with Crippen LogP contribution in [0.5, 0.6) is 0 Å². The summed E-state index contributed by atoms with van der Waals surface area (Å²) in [4.78, 5) is 35.6. The number of hydrogen-bond donors (Lipinski definition) is 0. The van der Waals surface area contributed by atoms with Crippen molar-refractivity contribution in [3.05, 3.63) is 88.7 Å². The molecule has 0 atom stereocenters. The third kappa shape index (κ3) is 3.73. The van der Waals surface area contributed by atoms with Crippen molar-refractivity contribution in [1.29, 1.82) is 0 Å². The highest BCUT2D eigenvalue weighted by Crippen LogP contribution is 2.30. The molecule has 0 bridgehead atoms. The first-order valence-electron chi connectivity index (χ1n) is 9.03. The standard InChI is InChI=1S/C23H16O7/c1-13-11-15(20(24)25)7-9-17(13)19-10-8-16(28-19)12-18-21(26)29-23(30-22(18)27)14-5-3-2-4-6-14/h2-12,23H,1H3,(H,24,25)/p-1. The van der Waals surface area contributed by atoms with Crippen molar-refractivity contribution in [2.45, 2.75) is 13.2 Å². The smallest absolute Gasteiger partial charge is 0.349 e. The van der Waals surface area contributed by atoms with E-state index in [2.05, 4.69) is 0 Å². The predicted octanol–water partition coefficient (Wildman–Crippen LogP) is 2.80. The van der Waals surface area contributed by atoms with Gasteiger partial charge >= 0.3 is 11.9 Å². The van der Waals surface area contributed by atoms with Gasteiger partial charge in [-0.15, -0.1) is 0 Å². The summed E-state index contributed by atoms with van der Waals surface area (Å²) in [7, 11) is 0. The first-order chi connectivity index (χ1) is 14.4. The van der Waals surface area contributed by atoms with E-state index in [1.807, 2.05) is 0 Å². The van der Waals surface area contributed by atoms with E-state index < -0.39 is 24.2 Å². The quantitative estimate of drug-likeness (QED) is 0.375. The van der Waals surface area contributed by atoms with E-state index in [0.717, 1.165) is 0 Å². The second-order valence-corrected chi connectivity index (χ2v) is 6.63. The zero-order valence-electron chi connectivity index (χ0n) is 15.8. The summed E-state index contributed by atoms with van der Waals surface area (Å²) in [6, 6.07) is 16.4. The number of aromatic carboxylic acids is 1. The van der Waals surface area contributed by atoms with Gasteiger partial charge in [0.1, 0.15) is 17.1 Å². The molecule has 0 amide bonds. The summed E-state index contributed by atoms with van der Waals surface area (Å²) < 4.78 is 16.1. The highest BCUT2D eigenvalue weighted by Gasteiger charge is 2.34. The lowest BCUT2D eigenvalue weighted by Crippen LogP contribution is -2.29. The molecular weight excluding hydrogens is 388 g/mol. The Kier molecular flexibility index (Phi) is 4.93. The molecule has 1 aromatic heterocycles. The van der Waals surface area contributed by atoms with Crippen molar-refractivity contribution in [2.24, 2.45) is 0 Å². The Bertz CT molecular complexity index is 1150. The molecule has 1 aliphatic heterocycles. The topological polar surface area (TPSA) is 106 Å². The minimum atomic E-state index is -1.27. The maximum atomic E-state index is 12.3. The Morgan fingerprint density at radius 1 is 0.967 bits per heavy atom. The maximum Gasteiger partial charge on any atom is 0.349 e. The lowest BCUT2D eigenvalue weighted by atomic mass is 10.0. The minimum absolute atomic E-state index is 0.0609. The van der Waals surface area contributed by atoms with Crippen LogP contribution in [0, 0.1) is 6.92 Å². The summed E-state index contributed by atoms with van der Waals surface area (Å²) in [5.74, 6) is -2.20. The van der Waals surface area contributed by atoms with Crippen LogP contribution in [0.25, 0.3) is 17.4 Å². The Morgan fingerprint density at radius 2 is 1.67 bits per heavy atom. The number of carboxylic acid groups (broad SMARTS) is 1. The summed E-state index contributed by atoms with van der Waals surface area (Å²) in [5.41, 5.74) is 1.67. The number of ether oxygens (including phenoxy) is 2. The molecule has 30 heavy (non-hydrogen) atoms. The highest BCUT2D eigenvalue weighted by molar-refractivity contribution is 6.18. The fraction of sp³-hybridized carbons (Fsp3) is 0.0870. The van der Waals surface area contributed by atoms with Gasteiger partial charge in [-0.2, -0.15) is 0 Å². The number of carboxylic acids is 1. The molecule has 1 saturated heterocycles. The number of carbonyl (C=O) groups excluding carboxylic acids is 3. The molecule has 1 aliphatic rings. The van der Waals surface area contributed by atoms with Gasteiger partial charge in [0.05, 0.1) is 5.97 Å². The Hall–Kier alpha value is -4.13. The number of benzene rings is 2. The predicted molar refractivity (Wildman–Crippen MR) is 103 cm³/mol. The minimum Gasteiger partial charge on any atom is -0.545 e. The average molecular weight is 403 g/mol. The van der Waals surface area contributed by atoms with Gasteiger partial charge in [-0.3, -0.25) is 0 Å². The average Bonchev–Trinajstić information content (AvgIpc) is 3.19. The van der Waals surface area contributed by atoms with E-state index in [1.165, 1.54) is 18.2 Å². The number of hydrogen-bond acceptors (Lipinski definition) is 7. The highest BCUT2D eigenvalue weighted by atomic mass is 16.7. The van der Waals surface area contributed by atoms with Gasteiger partial charge in [0.2, 0.25) is 0 Å². The van der Waals surface area contributed by atoms with E-state index in [9.17, 15) is 19.5 Å². The normalized spacial score (nSPS) is 16.0. The SMILES string of the molecule is Cc1cc(C(=O)[O-])ccc1-c1ccc(C=C2C(=O)OC(c3ccccc3)OC2=O)o1. The second kappa shape index (κ2) is 7.71. The first-order valence-corrected chi connectivity index (χ1v) is 9.03. The van der Waals surface area contributed by atoms with Crippen molar-refractivity contribution in [3.8, 4) is 11.3 Å². The van der Waals surface area contributed by atoms with Crippen LogP contribution in [0.2, 0.25) is 0 Å². The van der Waals surface area contributed by atoms with E-state index in [-0.39, 0.29) is 16.9 Å². The molecule has 150 valence electrons. The van der Waals surface area contributed by atoms with Crippen molar-refractivity contribution in [2.75, 3.05) is 0 Å². The molecule has 3 aromatic rings. The van der Waals surface area contributed by atoms with E-state index in [0.29, 0.717) is 22.5 Å². The molecule has 2 aromatic carbocycles. The molecule has 1 fully saturated rings. The van der Waals surface area contributed by atoms with Gasteiger partial charge in [-0.05, 0) is 36.2 Å². The molecule has 0 radical (unpaired) electrons. The van der Waals surface area contributed by atoms with Gasteiger partial charge in [-0.1, -0.05) is 42.5 Å². The van der Waals surface area contributed by atoms with Crippen LogP contribution >= 0.6 is 0 Å².